The second-order valence-corrected chi connectivity index (χ2v) is 5.80. The molecular weight excluding hydrogens is 202 g/mol. The van der Waals surface area contributed by atoms with Crippen LogP contribution in [0.3, 0.4) is 0 Å². The molecule has 0 aromatic rings. The van der Waals surface area contributed by atoms with Gasteiger partial charge in [-0.3, -0.25) is 4.79 Å². The minimum atomic E-state index is 0.249. The van der Waals surface area contributed by atoms with Gasteiger partial charge in [0.05, 0.1) is 0 Å². The minimum Gasteiger partial charge on any atom is -0.396 e. The molecule has 6 atom stereocenters. The van der Waals surface area contributed by atoms with E-state index in [0.29, 0.717) is 35.6 Å². The lowest BCUT2D eigenvalue weighted by molar-refractivity contribution is -0.132. The minimum absolute atomic E-state index is 0.249. The van der Waals surface area contributed by atoms with E-state index in [1.807, 2.05) is 0 Å². The smallest absolute Gasteiger partial charge is 0.226 e. The average molecular weight is 219 g/mol. The summed E-state index contributed by atoms with van der Waals surface area (Å²) < 4.78 is 0. The van der Waals surface area contributed by atoms with Crippen molar-refractivity contribution in [2.45, 2.75) is 18.9 Å². The second-order valence-electron chi connectivity index (χ2n) is 5.80. The molecule has 86 valence electrons. The van der Waals surface area contributed by atoms with Crippen molar-refractivity contribution >= 4 is 5.91 Å². The molecule has 1 N–H and O–H groups in total. The van der Waals surface area contributed by atoms with Gasteiger partial charge in [0.1, 0.15) is 0 Å². The number of hydrogen-bond acceptors (Lipinski definition) is 2. The fraction of sp³-hybridized carbons (Fsp3) is 0.769. The molecule has 0 aromatic carbocycles. The summed E-state index contributed by atoms with van der Waals surface area (Å²) in [5, 5.41) is 9.43. The summed E-state index contributed by atoms with van der Waals surface area (Å²) in [7, 11) is 0. The van der Waals surface area contributed by atoms with Crippen molar-refractivity contribution in [2.75, 3.05) is 13.2 Å². The third-order valence-corrected chi connectivity index (χ3v) is 5.30. The Morgan fingerprint density at radius 1 is 1.38 bits per heavy atom. The number of nitrogens with zero attached hydrogens (tertiary/aromatic N) is 1. The molecule has 0 radical (unpaired) electrons. The van der Waals surface area contributed by atoms with E-state index in [0.717, 1.165) is 13.0 Å². The molecular formula is C13H17NO2. The summed E-state index contributed by atoms with van der Waals surface area (Å²) in [5.74, 6) is 2.61. The van der Waals surface area contributed by atoms with Gasteiger partial charge >= 0.3 is 0 Å². The van der Waals surface area contributed by atoms with Gasteiger partial charge in [-0.1, -0.05) is 12.2 Å². The molecule has 3 fully saturated rings. The van der Waals surface area contributed by atoms with Gasteiger partial charge in [0.25, 0.3) is 0 Å². The van der Waals surface area contributed by atoms with Crippen molar-refractivity contribution in [2.24, 2.45) is 29.6 Å². The fourth-order valence-corrected chi connectivity index (χ4v) is 4.72. The molecule has 4 rings (SSSR count). The van der Waals surface area contributed by atoms with Crippen LogP contribution in [0.1, 0.15) is 12.8 Å². The van der Waals surface area contributed by atoms with E-state index in [-0.39, 0.29) is 12.5 Å². The van der Waals surface area contributed by atoms with Crippen LogP contribution in [-0.4, -0.2) is 35.1 Å². The molecule has 0 aromatic heterocycles. The van der Waals surface area contributed by atoms with Crippen molar-refractivity contribution in [1.29, 1.82) is 0 Å². The predicted molar refractivity (Wildman–Crippen MR) is 58.4 cm³/mol. The van der Waals surface area contributed by atoms with Gasteiger partial charge in [-0.25, -0.2) is 0 Å². The number of hydrogen-bond donors (Lipinski definition) is 1. The zero-order chi connectivity index (χ0) is 10.9. The van der Waals surface area contributed by atoms with Crippen LogP contribution in [0.25, 0.3) is 0 Å². The van der Waals surface area contributed by atoms with E-state index in [4.69, 9.17) is 0 Å². The zero-order valence-electron chi connectivity index (χ0n) is 9.25. The maximum atomic E-state index is 12.3. The molecule has 4 aliphatic rings. The van der Waals surface area contributed by atoms with Crippen LogP contribution < -0.4 is 0 Å². The summed E-state index contributed by atoms with van der Waals surface area (Å²) >= 11 is 0. The Bertz CT molecular complexity index is 378. The highest BCUT2D eigenvalue weighted by Crippen LogP contribution is 2.57. The maximum Gasteiger partial charge on any atom is 0.226 e. The van der Waals surface area contributed by atoms with E-state index in [1.54, 1.807) is 0 Å². The molecule has 3 nitrogen and oxygen atoms in total. The van der Waals surface area contributed by atoms with Crippen molar-refractivity contribution in [3.8, 4) is 0 Å². The van der Waals surface area contributed by atoms with Crippen LogP contribution in [0, 0.1) is 29.6 Å². The van der Waals surface area contributed by atoms with Crippen LogP contribution >= 0.6 is 0 Å². The molecule has 2 aliphatic heterocycles. The van der Waals surface area contributed by atoms with Crippen molar-refractivity contribution in [1.82, 2.24) is 4.90 Å². The lowest BCUT2D eigenvalue weighted by Crippen LogP contribution is -2.35. The van der Waals surface area contributed by atoms with Crippen molar-refractivity contribution < 1.29 is 9.90 Å². The lowest BCUT2D eigenvalue weighted by atomic mass is 9.78. The number of aliphatic hydroxyl groups is 1. The number of rotatable bonds is 1. The van der Waals surface area contributed by atoms with E-state index in [2.05, 4.69) is 17.1 Å². The zero-order valence-corrected chi connectivity index (χ0v) is 9.25. The summed E-state index contributed by atoms with van der Waals surface area (Å²) in [4.78, 5) is 14.4. The first-order valence-corrected chi connectivity index (χ1v) is 6.41. The molecule has 3 heteroatoms. The first-order chi connectivity index (χ1) is 7.81. The highest BCUT2D eigenvalue weighted by molar-refractivity contribution is 5.84. The fourth-order valence-electron chi connectivity index (χ4n) is 4.72. The highest BCUT2D eigenvalue weighted by atomic mass is 16.3. The quantitative estimate of drug-likeness (QED) is 0.658. The molecule has 16 heavy (non-hydrogen) atoms. The molecule has 2 aliphatic carbocycles. The number of aliphatic hydroxyl groups excluding tert-OH is 1. The number of fused-ring (bicyclic) bond motifs is 7. The lowest BCUT2D eigenvalue weighted by Gasteiger charge is -2.27. The standard InChI is InChI=1S/C13H17NO2/c15-6-9-3-4-14-12(9)10-7-1-2-8(5-7)11(10)13(14)16/h1-2,7-12,15H,3-6H2/t7-,8+,9-,10-,11+,12+/m1/s1. The first kappa shape index (κ1) is 9.23. The third kappa shape index (κ3) is 0.877. The van der Waals surface area contributed by atoms with Gasteiger partial charge in [0, 0.05) is 31.0 Å². The van der Waals surface area contributed by atoms with Gasteiger partial charge < -0.3 is 10.0 Å². The summed E-state index contributed by atoms with van der Waals surface area (Å²) in [6, 6.07) is 0.349. The Morgan fingerprint density at radius 2 is 2.19 bits per heavy atom. The monoisotopic (exact) mass is 219 g/mol. The Kier molecular flexibility index (Phi) is 1.67. The third-order valence-electron chi connectivity index (χ3n) is 5.30. The average Bonchev–Trinajstić information content (AvgIpc) is 3.00. The molecule has 1 saturated carbocycles. The molecule has 2 bridgehead atoms. The maximum absolute atomic E-state index is 12.3. The molecule has 2 heterocycles. The van der Waals surface area contributed by atoms with Crippen molar-refractivity contribution in [3.63, 3.8) is 0 Å². The van der Waals surface area contributed by atoms with Gasteiger partial charge in [-0.2, -0.15) is 0 Å². The van der Waals surface area contributed by atoms with Crippen LogP contribution in [0.15, 0.2) is 12.2 Å². The second kappa shape index (κ2) is 2.89. The Balaban J connectivity index is 1.75. The first-order valence-electron chi connectivity index (χ1n) is 6.41. The number of amides is 1. The topological polar surface area (TPSA) is 40.5 Å². The van der Waals surface area contributed by atoms with Gasteiger partial charge in [0.15, 0.2) is 0 Å². The van der Waals surface area contributed by atoms with Gasteiger partial charge in [0.2, 0.25) is 5.91 Å². The summed E-state index contributed by atoms with van der Waals surface area (Å²) in [5.41, 5.74) is 0. The summed E-state index contributed by atoms with van der Waals surface area (Å²) in [6.07, 6.45) is 6.75. The molecule has 0 unspecified atom stereocenters. The molecule has 2 saturated heterocycles. The highest BCUT2D eigenvalue weighted by Gasteiger charge is 2.61. The van der Waals surface area contributed by atoms with Gasteiger partial charge in [-0.05, 0) is 30.6 Å². The SMILES string of the molecule is O=C1[C@@H]2[C@H]([C@@H]3[C@@H](CO)CCN13)[C@@H]1C=C[C@H]2C1. The number of carbonyl (C=O) groups excluding carboxylic acids is 1. The summed E-state index contributed by atoms with van der Waals surface area (Å²) in [6.45, 7) is 1.12. The Labute approximate surface area is 95.1 Å². The predicted octanol–water partition coefficient (Wildman–Crippen LogP) is 0.648. The van der Waals surface area contributed by atoms with Crippen LogP contribution in [0.5, 0.6) is 0 Å². The van der Waals surface area contributed by atoms with Crippen LogP contribution in [0.2, 0.25) is 0 Å². The largest absolute Gasteiger partial charge is 0.396 e. The van der Waals surface area contributed by atoms with Gasteiger partial charge in [-0.15, -0.1) is 0 Å². The van der Waals surface area contributed by atoms with E-state index in [9.17, 15) is 9.90 Å². The number of carbonyl (C=O) groups is 1. The van der Waals surface area contributed by atoms with Crippen LogP contribution in [0.4, 0.5) is 0 Å². The Hall–Kier alpha value is -0.830. The number of allylic oxidation sites excluding steroid dienone is 2. The van der Waals surface area contributed by atoms with E-state index < -0.39 is 0 Å². The normalized spacial score (nSPS) is 52.6. The molecule has 0 spiro atoms. The van der Waals surface area contributed by atoms with E-state index in [1.165, 1.54) is 6.42 Å². The molecule has 1 amide bonds. The Morgan fingerprint density at radius 3 is 3.00 bits per heavy atom. The van der Waals surface area contributed by atoms with Crippen molar-refractivity contribution in [3.05, 3.63) is 12.2 Å². The van der Waals surface area contributed by atoms with Crippen LogP contribution in [-0.2, 0) is 4.79 Å². The van der Waals surface area contributed by atoms with E-state index >= 15 is 0 Å².